The lowest BCUT2D eigenvalue weighted by atomic mass is 10.0. The number of thiophene rings is 1. The number of sulfone groups is 1. The van der Waals surface area contributed by atoms with Crippen molar-refractivity contribution in [2.45, 2.75) is 4.90 Å². The number of carbonyl (C=O) groups is 1. The summed E-state index contributed by atoms with van der Waals surface area (Å²) >= 11 is 7.36. The van der Waals surface area contributed by atoms with Crippen molar-refractivity contribution in [3.8, 4) is 21.6 Å². The van der Waals surface area contributed by atoms with E-state index in [1.54, 1.807) is 43.4 Å². The third-order valence-corrected chi connectivity index (χ3v) is 6.45. The number of amides is 1. The Morgan fingerprint density at radius 3 is 2.12 bits per heavy atom. The molecule has 134 valence electrons. The van der Waals surface area contributed by atoms with Crippen molar-refractivity contribution in [2.24, 2.45) is 0 Å². The molecule has 0 unspecified atom stereocenters. The number of benzene rings is 2. The highest BCUT2D eigenvalue weighted by Crippen LogP contribution is 2.40. The number of halogens is 1. The van der Waals surface area contributed by atoms with Gasteiger partial charge in [-0.2, -0.15) is 0 Å². The third-order valence-electron chi connectivity index (χ3n) is 3.88. The molecule has 1 heterocycles. The molecule has 0 spiro atoms. The van der Waals surface area contributed by atoms with Crippen molar-refractivity contribution in [3.05, 3.63) is 64.5 Å². The standard InChI is InChI=1S/C19H16ClNO3S2/c1-21-19(22)17-11-16(12-5-9-15(10-6-12)26(2,23)24)18(25-17)13-3-7-14(20)8-4-13/h3-11H,1-2H3,(H,21,22). The molecule has 0 aliphatic rings. The Hall–Kier alpha value is -2.15. The van der Waals surface area contributed by atoms with E-state index in [1.165, 1.54) is 17.6 Å². The first-order chi connectivity index (χ1) is 12.3. The Balaban J connectivity index is 2.14. The average Bonchev–Trinajstić information content (AvgIpc) is 3.06. The van der Waals surface area contributed by atoms with E-state index >= 15 is 0 Å². The van der Waals surface area contributed by atoms with E-state index in [2.05, 4.69) is 5.32 Å². The molecule has 1 aromatic heterocycles. The lowest BCUT2D eigenvalue weighted by Crippen LogP contribution is -2.16. The van der Waals surface area contributed by atoms with Gasteiger partial charge in [0.2, 0.25) is 0 Å². The Bertz CT molecular complexity index is 1050. The fourth-order valence-corrected chi connectivity index (χ4v) is 4.43. The number of hydrogen-bond acceptors (Lipinski definition) is 4. The maximum absolute atomic E-state index is 12.1. The highest BCUT2D eigenvalue weighted by atomic mass is 35.5. The van der Waals surface area contributed by atoms with Crippen LogP contribution in [0.1, 0.15) is 9.67 Å². The largest absolute Gasteiger partial charge is 0.354 e. The van der Waals surface area contributed by atoms with Crippen LogP contribution in [-0.4, -0.2) is 27.6 Å². The Morgan fingerprint density at radius 2 is 1.58 bits per heavy atom. The molecule has 1 amide bonds. The average molecular weight is 406 g/mol. The first kappa shape index (κ1) is 18.6. The maximum atomic E-state index is 12.1. The summed E-state index contributed by atoms with van der Waals surface area (Å²) in [7, 11) is -1.67. The zero-order valence-corrected chi connectivity index (χ0v) is 16.5. The van der Waals surface area contributed by atoms with Crippen LogP contribution in [0.2, 0.25) is 5.02 Å². The minimum atomic E-state index is -3.26. The Labute approximate surface area is 161 Å². The van der Waals surface area contributed by atoms with Gasteiger partial charge in [0.15, 0.2) is 9.84 Å². The van der Waals surface area contributed by atoms with Gasteiger partial charge in [-0.05, 0) is 41.5 Å². The summed E-state index contributed by atoms with van der Waals surface area (Å²) in [6.45, 7) is 0. The molecular formula is C19H16ClNO3S2. The zero-order chi connectivity index (χ0) is 18.9. The van der Waals surface area contributed by atoms with Crippen molar-refractivity contribution in [1.82, 2.24) is 5.32 Å². The zero-order valence-electron chi connectivity index (χ0n) is 14.1. The van der Waals surface area contributed by atoms with Crippen LogP contribution in [0.15, 0.2) is 59.5 Å². The van der Waals surface area contributed by atoms with Crippen LogP contribution < -0.4 is 5.32 Å². The second kappa shape index (κ2) is 7.23. The fraction of sp³-hybridized carbons (Fsp3) is 0.105. The lowest BCUT2D eigenvalue weighted by Gasteiger charge is -2.06. The van der Waals surface area contributed by atoms with Crippen molar-refractivity contribution in [1.29, 1.82) is 0 Å². The molecule has 0 saturated heterocycles. The van der Waals surface area contributed by atoms with Gasteiger partial charge in [0.25, 0.3) is 5.91 Å². The molecule has 2 aromatic carbocycles. The van der Waals surface area contributed by atoms with Crippen LogP contribution >= 0.6 is 22.9 Å². The Morgan fingerprint density at radius 1 is 1.00 bits per heavy atom. The van der Waals surface area contributed by atoms with Gasteiger partial charge < -0.3 is 5.32 Å². The van der Waals surface area contributed by atoms with Gasteiger partial charge in [-0.15, -0.1) is 11.3 Å². The number of hydrogen-bond donors (Lipinski definition) is 1. The quantitative estimate of drug-likeness (QED) is 0.695. The van der Waals surface area contributed by atoms with Gasteiger partial charge in [-0.3, -0.25) is 4.79 Å². The number of nitrogens with one attached hydrogen (secondary N) is 1. The predicted molar refractivity (Wildman–Crippen MR) is 107 cm³/mol. The van der Waals surface area contributed by atoms with Crippen molar-refractivity contribution in [3.63, 3.8) is 0 Å². The molecule has 7 heteroatoms. The van der Waals surface area contributed by atoms with Crippen molar-refractivity contribution in [2.75, 3.05) is 13.3 Å². The summed E-state index contributed by atoms with van der Waals surface area (Å²) in [5, 5.41) is 3.27. The topological polar surface area (TPSA) is 63.2 Å². The smallest absolute Gasteiger partial charge is 0.261 e. The summed E-state index contributed by atoms with van der Waals surface area (Å²) < 4.78 is 23.3. The molecule has 0 saturated carbocycles. The van der Waals surface area contributed by atoms with Gasteiger partial charge in [0.1, 0.15) is 0 Å². The summed E-state index contributed by atoms with van der Waals surface area (Å²) in [5.74, 6) is -0.163. The molecule has 0 bridgehead atoms. The molecule has 0 radical (unpaired) electrons. The van der Waals surface area contributed by atoms with Crippen LogP contribution in [0, 0.1) is 0 Å². The van der Waals surface area contributed by atoms with E-state index in [1.807, 2.05) is 18.2 Å². The van der Waals surface area contributed by atoms with Crippen LogP contribution in [0.3, 0.4) is 0 Å². The van der Waals surface area contributed by atoms with E-state index in [-0.39, 0.29) is 10.8 Å². The van der Waals surface area contributed by atoms with E-state index < -0.39 is 9.84 Å². The molecule has 0 fully saturated rings. The van der Waals surface area contributed by atoms with Gasteiger partial charge in [0.05, 0.1) is 9.77 Å². The van der Waals surface area contributed by atoms with Gasteiger partial charge in [0, 0.05) is 28.8 Å². The SMILES string of the molecule is CNC(=O)c1cc(-c2ccc(S(C)(=O)=O)cc2)c(-c2ccc(Cl)cc2)s1. The highest BCUT2D eigenvalue weighted by Gasteiger charge is 2.17. The van der Waals surface area contributed by atoms with Gasteiger partial charge >= 0.3 is 0 Å². The minimum Gasteiger partial charge on any atom is -0.354 e. The normalized spacial score (nSPS) is 11.3. The first-order valence-electron chi connectivity index (χ1n) is 7.72. The summed E-state index contributed by atoms with van der Waals surface area (Å²) in [6, 6.07) is 15.9. The molecule has 3 rings (SSSR count). The van der Waals surface area contributed by atoms with E-state index in [0.717, 1.165) is 21.6 Å². The number of rotatable bonds is 4. The third kappa shape index (κ3) is 3.82. The van der Waals surface area contributed by atoms with Crippen LogP contribution in [-0.2, 0) is 9.84 Å². The Kier molecular flexibility index (Phi) is 5.18. The second-order valence-corrected chi connectivity index (χ2v) is 9.24. The van der Waals surface area contributed by atoms with Crippen LogP contribution in [0.5, 0.6) is 0 Å². The van der Waals surface area contributed by atoms with Crippen molar-refractivity contribution < 1.29 is 13.2 Å². The molecule has 0 atom stereocenters. The monoisotopic (exact) mass is 405 g/mol. The fourth-order valence-electron chi connectivity index (χ4n) is 2.54. The predicted octanol–water partition coefficient (Wildman–Crippen LogP) is 4.50. The number of carbonyl (C=O) groups excluding carboxylic acids is 1. The minimum absolute atomic E-state index is 0.163. The lowest BCUT2D eigenvalue weighted by molar-refractivity contribution is 0.0967. The highest BCUT2D eigenvalue weighted by molar-refractivity contribution is 7.90. The molecule has 1 N–H and O–H groups in total. The van der Waals surface area contributed by atoms with E-state index in [9.17, 15) is 13.2 Å². The van der Waals surface area contributed by atoms with E-state index in [0.29, 0.717) is 9.90 Å². The summed E-state index contributed by atoms with van der Waals surface area (Å²) in [4.78, 5) is 13.8. The van der Waals surface area contributed by atoms with Gasteiger partial charge in [-0.1, -0.05) is 35.9 Å². The van der Waals surface area contributed by atoms with Crippen LogP contribution in [0.4, 0.5) is 0 Å². The maximum Gasteiger partial charge on any atom is 0.261 e. The molecule has 0 aliphatic carbocycles. The molecule has 3 aromatic rings. The molecule has 4 nitrogen and oxygen atoms in total. The van der Waals surface area contributed by atoms with E-state index in [4.69, 9.17) is 11.6 Å². The first-order valence-corrected chi connectivity index (χ1v) is 10.8. The van der Waals surface area contributed by atoms with Crippen LogP contribution in [0.25, 0.3) is 21.6 Å². The van der Waals surface area contributed by atoms with Crippen molar-refractivity contribution >= 4 is 38.7 Å². The molecular weight excluding hydrogens is 390 g/mol. The summed E-state index contributed by atoms with van der Waals surface area (Å²) in [5.41, 5.74) is 2.65. The molecule has 26 heavy (non-hydrogen) atoms. The summed E-state index contributed by atoms with van der Waals surface area (Å²) in [6.07, 6.45) is 1.18. The second-order valence-electron chi connectivity index (χ2n) is 5.74. The molecule has 0 aliphatic heterocycles. The van der Waals surface area contributed by atoms with Gasteiger partial charge in [-0.25, -0.2) is 8.42 Å².